The number of ether oxygens (including phenoxy) is 1. The fourth-order valence-electron chi connectivity index (χ4n) is 3.06. The molecule has 28 heavy (non-hydrogen) atoms. The van der Waals surface area contributed by atoms with Gasteiger partial charge in [-0.15, -0.1) is 0 Å². The van der Waals surface area contributed by atoms with Crippen LogP contribution in [-0.2, 0) is 9.53 Å². The van der Waals surface area contributed by atoms with Gasteiger partial charge in [-0.1, -0.05) is 0 Å². The molecule has 142 valence electrons. The average Bonchev–Trinajstić information content (AvgIpc) is 2.68. The molecular weight excluding hydrogens is 365 g/mol. The van der Waals surface area contributed by atoms with Crippen LogP contribution in [0.25, 0.3) is 10.9 Å². The lowest BCUT2D eigenvalue weighted by Crippen LogP contribution is -2.41. The quantitative estimate of drug-likeness (QED) is 0.728. The molecule has 1 aromatic heterocycles. The number of fused-ring (bicyclic) bond motifs is 1. The lowest BCUT2D eigenvalue weighted by Gasteiger charge is -2.26. The van der Waals surface area contributed by atoms with Gasteiger partial charge in [0, 0.05) is 17.9 Å². The Bertz CT molecular complexity index is 1120. The van der Waals surface area contributed by atoms with Gasteiger partial charge in [0.1, 0.15) is 18.0 Å². The Morgan fingerprint density at radius 1 is 1.11 bits per heavy atom. The van der Waals surface area contributed by atoms with Crippen molar-refractivity contribution < 1.29 is 18.7 Å². The number of morpholine rings is 1. The number of anilines is 2. The van der Waals surface area contributed by atoms with Gasteiger partial charge in [0.2, 0.25) is 0 Å². The van der Waals surface area contributed by atoms with E-state index >= 15 is 0 Å². The fraction of sp³-hybridized carbons (Fsp3) is 0.150. The number of hydrogen-bond acceptors (Lipinski definition) is 4. The third-order valence-corrected chi connectivity index (χ3v) is 4.48. The first kappa shape index (κ1) is 17.9. The maximum atomic E-state index is 13.3. The summed E-state index contributed by atoms with van der Waals surface area (Å²) in [7, 11) is 0. The van der Waals surface area contributed by atoms with Crippen molar-refractivity contribution in [2.75, 3.05) is 30.0 Å². The number of aromatic nitrogens is 1. The Morgan fingerprint density at radius 3 is 2.64 bits per heavy atom. The van der Waals surface area contributed by atoms with Crippen molar-refractivity contribution in [1.29, 1.82) is 0 Å². The summed E-state index contributed by atoms with van der Waals surface area (Å²) in [6, 6.07) is 12.1. The van der Waals surface area contributed by atoms with Gasteiger partial charge in [-0.3, -0.25) is 14.4 Å². The molecule has 4 rings (SSSR count). The SMILES string of the molecule is O=C(Nc1ccc(N2CCOCC2=O)cc1)c1cc2ccc(F)cc2[nH]c1=O. The Hall–Kier alpha value is -3.52. The predicted octanol–water partition coefficient (Wildman–Crippen LogP) is 2.28. The van der Waals surface area contributed by atoms with Crippen LogP contribution in [0, 0.1) is 5.82 Å². The first-order chi connectivity index (χ1) is 13.5. The summed E-state index contributed by atoms with van der Waals surface area (Å²) in [4.78, 5) is 40.7. The van der Waals surface area contributed by atoms with E-state index in [-0.39, 0.29) is 18.1 Å². The number of amides is 2. The smallest absolute Gasteiger partial charge is 0.261 e. The molecule has 7 nitrogen and oxygen atoms in total. The van der Waals surface area contributed by atoms with Gasteiger partial charge < -0.3 is 19.9 Å². The second-order valence-corrected chi connectivity index (χ2v) is 6.34. The zero-order chi connectivity index (χ0) is 19.7. The highest BCUT2D eigenvalue weighted by molar-refractivity contribution is 6.06. The summed E-state index contributed by atoms with van der Waals surface area (Å²) in [5, 5.41) is 3.20. The van der Waals surface area contributed by atoms with Crippen LogP contribution < -0.4 is 15.8 Å². The zero-order valence-corrected chi connectivity index (χ0v) is 14.7. The van der Waals surface area contributed by atoms with Gasteiger partial charge in [0.25, 0.3) is 17.4 Å². The number of benzene rings is 2. The molecule has 0 spiro atoms. The molecule has 2 aromatic carbocycles. The maximum absolute atomic E-state index is 13.3. The van der Waals surface area contributed by atoms with E-state index in [0.29, 0.717) is 35.4 Å². The van der Waals surface area contributed by atoms with Crippen molar-refractivity contribution in [3.05, 3.63) is 70.3 Å². The van der Waals surface area contributed by atoms with Crippen LogP contribution in [0.1, 0.15) is 10.4 Å². The fourth-order valence-corrected chi connectivity index (χ4v) is 3.06. The second-order valence-electron chi connectivity index (χ2n) is 6.34. The number of rotatable bonds is 3. The summed E-state index contributed by atoms with van der Waals surface area (Å²) >= 11 is 0. The predicted molar refractivity (Wildman–Crippen MR) is 102 cm³/mol. The van der Waals surface area contributed by atoms with Crippen molar-refractivity contribution in [2.45, 2.75) is 0 Å². The number of carbonyl (C=O) groups is 2. The number of hydrogen-bond donors (Lipinski definition) is 2. The molecule has 1 aliphatic rings. The standard InChI is InChI=1S/C20H16FN3O4/c21-13-2-1-12-9-16(20(27)23-17(12)10-13)19(26)22-14-3-5-15(6-4-14)24-7-8-28-11-18(24)25/h1-6,9-10H,7-8,11H2,(H,22,26)(H,23,27). The number of carbonyl (C=O) groups excluding carboxylic acids is 2. The Labute approximate surface area is 158 Å². The van der Waals surface area contributed by atoms with E-state index < -0.39 is 17.3 Å². The van der Waals surface area contributed by atoms with E-state index in [1.165, 1.54) is 24.3 Å². The highest BCUT2D eigenvalue weighted by atomic mass is 19.1. The van der Waals surface area contributed by atoms with E-state index in [0.717, 1.165) is 0 Å². The molecule has 8 heteroatoms. The number of H-pyrrole nitrogens is 1. The van der Waals surface area contributed by atoms with E-state index in [1.54, 1.807) is 29.2 Å². The summed E-state index contributed by atoms with van der Waals surface area (Å²) in [5.74, 6) is -1.18. The summed E-state index contributed by atoms with van der Waals surface area (Å²) < 4.78 is 18.4. The lowest BCUT2D eigenvalue weighted by molar-refractivity contribution is -0.125. The van der Waals surface area contributed by atoms with Crippen molar-refractivity contribution in [2.24, 2.45) is 0 Å². The molecule has 0 saturated carbocycles. The Morgan fingerprint density at radius 2 is 1.89 bits per heavy atom. The number of pyridine rings is 1. The number of nitrogens with one attached hydrogen (secondary N) is 2. The molecular formula is C20H16FN3O4. The van der Waals surface area contributed by atoms with Crippen LogP contribution in [0.4, 0.5) is 15.8 Å². The molecule has 1 fully saturated rings. The molecule has 2 amide bonds. The first-order valence-electron chi connectivity index (χ1n) is 8.63. The molecule has 0 radical (unpaired) electrons. The molecule has 3 aromatic rings. The van der Waals surface area contributed by atoms with Crippen molar-refractivity contribution in [3.63, 3.8) is 0 Å². The molecule has 1 saturated heterocycles. The minimum Gasteiger partial charge on any atom is -0.370 e. The highest BCUT2D eigenvalue weighted by Crippen LogP contribution is 2.20. The minimum atomic E-state index is -0.605. The topological polar surface area (TPSA) is 91.5 Å². The average molecular weight is 381 g/mol. The largest absolute Gasteiger partial charge is 0.370 e. The van der Waals surface area contributed by atoms with Crippen molar-refractivity contribution >= 4 is 34.1 Å². The summed E-state index contributed by atoms with van der Waals surface area (Å²) in [6.07, 6.45) is 0. The van der Waals surface area contributed by atoms with Crippen LogP contribution in [0.15, 0.2) is 53.3 Å². The molecule has 0 atom stereocenters. The normalized spacial score (nSPS) is 14.3. The van der Waals surface area contributed by atoms with Gasteiger partial charge >= 0.3 is 0 Å². The minimum absolute atomic E-state index is 0.0487. The zero-order valence-electron chi connectivity index (χ0n) is 14.7. The number of nitrogens with zero attached hydrogens (tertiary/aromatic N) is 1. The Balaban J connectivity index is 1.54. The van der Waals surface area contributed by atoms with E-state index in [2.05, 4.69) is 10.3 Å². The van der Waals surface area contributed by atoms with Crippen LogP contribution >= 0.6 is 0 Å². The summed E-state index contributed by atoms with van der Waals surface area (Å²) in [6.45, 7) is 0.990. The molecule has 2 heterocycles. The van der Waals surface area contributed by atoms with Gasteiger partial charge in [0.15, 0.2) is 0 Å². The van der Waals surface area contributed by atoms with Gasteiger partial charge in [0.05, 0.1) is 12.1 Å². The molecule has 0 aliphatic carbocycles. The van der Waals surface area contributed by atoms with E-state index in [4.69, 9.17) is 4.74 Å². The van der Waals surface area contributed by atoms with E-state index in [1.807, 2.05) is 0 Å². The molecule has 0 bridgehead atoms. The molecule has 1 aliphatic heterocycles. The molecule has 0 unspecified atom stereocenters. The van der Waals surface area contributed by atoms with Crippen molar-refractivity contribution in [3.8, 4) is 0 Å². The second kappa shape index (κ2) is 7.24. The number of aromatic amines is 1. The van der Waals surface area contributed by atoms with Gasteiger partial charge in [-0.25, -0.2) is 4.39 Å². The maximum Gasteiger partial charge on any atom is 0.261 e. The lowest BCUT2D eigenvalue weighted by atomic mass is 10.1. The van der Waals surface area contributed by atoms with Crippen LogP contribution in [0.5, 0.6) is 0 Å². The van der Waals surface area contributed by atoms with Crippen LogP contribution in [0.3, 0.4) is 0 Å². The first-order valence-corrected chi connectivity index (χ1v) is 8.63. The Kier molecular flexibility index (Phi) is 4.62. The van der Waals surface area contributed by atoms with Gasteiger partial charge in [-0.05, 0) is 53.9 Å². The molecule has 2 N–H and O–H groups in total. The van der Waals surface area contributed by atoms with Gasteiger partial charge in [-0.2, -0.15) is 0 Å². The summed E-state index contributed by atoms with van der Waals surface area (Å²) in [5.41, 5.74) is 0.823. The third kappa shape index (κ3) is 3.49. The van der Waals surface area contributed by atoms with Crippen LogP contribution in [-0.4, -0.2) is 36.6 Å². The van der Waals surface area contributed by atoms with Crippen molar-refractivity contribution in [1.82, 2.24) is 4.98 Å². The number of halogens is 1. The van der Waals surface area contributed by atoms with E-state index in [9.17, 15) is 18.8 Å². The third-order valence-electron chi connectivity index (χ3n) is 4.48. The monoisotopic (exact) mass is 381 g/mol. The highest BCUT2D eigenvalue weighted by Gasteiger charge is 2.20. The van der Waals surface area contributed by atoms with Crippen LogP contribution in [0.2, 0.25) is 0 Å².